The molecule has 4 rings (SSSR count). The maximum absolute atomic E-state index is 13.7. The van der Waals surface area contributed by atoms with Crippen molar-refractivity contribution in [3.8, 4) is 17.2 Å². The number of hydrogen-bond acceptors (Lipinski definition) is 8. The SMILES string of the molecule is COc1ccc(S(=O)(=O)N(CCc2ccccc2)CC(=O)N/N=C/c2ccc(OCC(=O)Nc3ccc(C)cc3)cc2)cc1OC. The molecule has 0 fully saturated rings. The van der Waals surface area contributed by atoms with E-state index in [4.69, 9.17) is 14.2 Å². The second kappa shape index (κ2) is 16.2. The molecule has 0 bridgehead atoms. The highest BCUT2D eigenvalue weighted by molar-refractivity contribution is 7.89. The highest BCUT2D eigenvalue weighted by atomic mass is 32.2. The molecule has 0 saturated carbocycles. The van der Waals surface area contributed by atoms with Gasteiger partial charge in [-0.2, -0.15) is 9.41 Å². The molecule has 2 amide bonds. The molecule has 0 aromatic heterocycles. The van der Waals surface area contributed by atoms with Crippen LogP contribution in [-0.4, -0.2) is 64.7 Å². The lowest BCUT2D eigenvalue weighted by Crippen LogP contribution is -2.40. The number of aryl methyl sites for hydroxylation is 1. The van der Waals surface area contributed by atoms with E-state index < -0.39 is 22.5 Å². The minimum Gasteiger partial charge on any atom is -0.493 e. The van der Waals surface area contributed by atoms with Gasteiger partial charge in [-0.1, -0.05) is 48.0 Å². The molecule has 4 aromatic rings. The van der Waals surface area contributed by atoms with Gasteiger partial charge in [-0.3, -0.25) is 9.59 Å². The number of carbonyl (C=O) groups excluding carboxylic acids is 2. The summed E-state index contributed by atoms with van der Waals surface area (Å²) in [6.45, 7) is 1.40. The Labute approximate surface area is 268 Å². The summed E-state index contributed by atoms with van der Waals surface area (Å²) in [5, 5.41) is 6.76. The van der Waals surface area contributed by atoms with Crippen molar-refractivity contribution in [2.45, 2.75) is 18.2 Å². The summed E-state index contributed by atoms with van der Waals surface area (Å²) < 4.78 is 44.5. The fraction of sp³-hybridized carbons (Fsp3) is 0.206. The number of methoxy groups -OCH3 is 2. The number of nitrogens with zero attached hydrogens (tertiary/aromatic N) is 2. The third-order valence-corrected chi connectivity index (χ3v) is 8.63. The van der Waals surface area contributed by atoms with E-state index in [1.165, 1.54) is 38.6 Å². The van der Waals surface area contributed by atoms with Gasteiger partial charge in [0.1, 0.15) is 5.75 Å². The minimum atomic E-state index is -4.09. The number of hydrogen-bond donors (Lipinski definition) is 2. The van der Waals surface area contributed by atoms with Crippen molar-refractivity contribution in [1.29, 1.82) is 0 Å². The van der Waals surface area contributed by atoms with Crippen molar-refractivity contribution in [3.63, 3.8) is 0 Å². The molecule has 46 heavy (non-hydrogen) atoms. The van der Waals surface area contributed by atoms with Crippen LogP contribution in [0.2, 0.25) is 0 Å². The van der Waals surface area contributed by atoms with Crippen LogP contribution < -0.4 is 25.0 Å². The third-order valence-electron chi connectivity index (χ3n) is 6.79. The van der Waals surface area contributed by atoms with Gasteiger partial charge >= 0.3 is 0 Å². The van der Waals surface area contributed by atoms with E-state index in [0.29, 0.717) is 29.2 Å². The van der Waals surface area contributed by atoms with E-state index in [-0.39, 0.29) is 29.7 Å². The van der Waals surface area contributed by atoms with Gasteiger partial charge < -0.3 is 19.5 Å². The molecule has 11 nitrogen and oxygen atoms in total. The maximum atomic E-state index is 13.7. The Kier molecular flexibility index (Phi) is 11.9. The van der Waals surface area contributed by atoms with E-state index in [1.807, 2.05) is 61.5 Å². The number of amides is 2. The van der Waals surface area contributed by atoms with Crippen LogP contribution in [0.1, 0.15) is 16.7 Å². The summed E-state index contributed by atoms with van der Waals surface area (Å²) in [6.07, 6.45) is 1.81. The molecular formula is C34H36N4O7S. The lowest BCUT2D eigenvalue weighted by molar-refractivity contribution is -0.121. The molecule has 0 aliphatic heterocycles. The van der Waals surface area contributed by atoms with Gasteiger partial charge in [0, 0.05) is 18.3 Å². The average Bonchev–Trinajstić information content (AvgIpc) is 3.07. The summed E-state index contributed by atoms with van der Waals surface area (Å²) in [7, 11) is -1.22. The van der Waals surface area contributed by atoms with Gasteiger partial charge in [0.2, 0.25) is 10.0 Å². The van der Waals surface area contributed by atoms with Crippen LogP contribution in [0, 0.1) is 6.92 Å². The average molecular weight is 645 g/mol. The van der Waals surface area contributed by atoms with Gasteiger partial charge in [-0.05, 0) is 73.0 Å². The summed E-state index contributed by atoms with van der Waals surface area (Å²) in [4.78, 5) is 25.0. The van der Waals surface area contributed by atoms with Crippen LogP contribution >= 0.6 is 0 Å². The first-order valence-corrected chi connectivity index (χ1v) is 15.8. The first-order valence-electron chi connectivity index (χ1n) is 14.4. The number of benzene rings is 4. The zero-order chi connectivity index (χ0) is 32.9. The number of sulfonamides is 1. The van der Waals surface area contributed by atoms with E-state index in [9.17, 15) is 18.0 Å². The van der Waals surface area contributed by atoms with E-state index in [1.54, 1.807) is 24.3 Å². The van der Waals surface area contributed by atoms with Gasteiger partial charge in [0.05, 0.1) is 31.9 Å². The fourth-order valence-corrected chi connectivity index (χ4v) is 5.73. The molecule has 0 spiro atoms. The number of rotatable bonds is 15. The molecule has 0 heterocycles. The van der Waals surface area contributed by atoms with Crippen LogP contribution in [-0.2, 0) is 26.0 Å². The fourth-order valence-electron chi connectivity index (χ4n) is 4.32. The van der Waals surface area contributed by atoms with Crippen molar-refractivity contribution in [1.82, 2.24) is 9.73 Å². The second-order valence-corrected chi connectivity index (χ2v) is 12.1. The molecule has 2 N–H and O–H groups in total. The molecule has 0 saturated heterocycles. The lowest BCUT2D eigenvalue weighted by Gasteiger charge is -2.22. The highest BCUT2D eigenvalue weighted by Gasteiger charge is 2.27. The number of nitrogens with one attached hydrogen (secondary N) is 2. The lowest BCUT2D eigenvalue weighted by atomic mass is 10.1. The normalized spacial score (nSPS) is 11.3. The number of anilines is 1. The molecule has 12 heteroatoms. The number of carbonyl (C=O) groups is 2. The van der Waals surface area contributed by atoms with E-state index >= 15 is 0 Å². The molecule has 0 radical (unpaired) electrons. The van der Waals surface area contributed by atoms with Crippen molar-refractivity contribution >= 4 is 33.7 Å². The predicted octanol–water partition coefficient (Wildman–Crippen LogP) is 4.41. The summed E-state index contributed by atoms with van der Waals surface area (Å²) in [6, 6.07) is 27.9. The van der Waals surface area contributed by atoms with Crippen molar-refractivity contribution in [2.75, 3.05) is 39.2 Å². The first kappa shape index (κ1) is 33.7. The number of ether oxygens (including phenoxy) is 3. The molecule has 0 atom stereocenters. The van der Waals surface area contributed by atoms with Gasteiger partial charge in [-0.15, -0.1) is 0 Å². The van der Waals surface area contributed by atoms with Crippen LogP contribution in [0.3, 0.4) is 0 Å². The zero-order valence-corrected chi connectivity index (χ0v) is 26.6. The topological polar surface area (TPSA) is 136 Å². The first-order chi connectivity index (χ1) is 22.2. The van der Waals surface area contributed by atoms with Crippen molar-refractivity contribution < 1.29 is 32.2 Å². The Morgan fingerprint density at radius 2 is 1.54 bits per heavy atom. The highest BCUT2D eigenvalue weighted by Crippen LogP contribution is 2.30. The second-order valence-electron chi connectivity index (χ2n) is 10.2. The van der Waals surface area contributed by atoms with E-state index in [2.05, 4.69) is 15.8 Å². The van der Waals surface area contributed by atoms with Crippen LogP contribution in [0.25, 0.3) is 0 Å². The predicted molar refractivity (Wildman–Crippen MR) is 176 cm³/mol. The summed E-state index contributed by atoms with van der Waals surface area (Å²) >= 11 is 0. The smallest absolute Gasteiger partial charge is 0.262 e. The standard InChI is InChI=1S/C34H36N4O7S/c1-25-9-13-28(14-10-25)36-34(40)24-45-29-15-11-27(12-16-29)22-35-37-33(39)23-38(20-19-26-7-5-4-6-8-26)46(41,42)30-17-18-31(43-2)32(21-30)44-3/h4-18,21-22H,19-20,23-24H2,1-3H3,(H,36,40)(H,37,39)/b35-22+. The molecule has 0 unspecified atom stereocenters. The van der Waals surface area contributed by atoms with Crippen molar-refractivity contribution in [2.24, 2.45) is 5.10 Å². The zero-order valence-electron chi connectivity index (χ0n) is 25.8. The molecule has 4 aromatic carbocycles. The molecule has 0 aliphatic carbocycles. The van der Waals surface area contributed by atoms with Crippen LogP contribution in [0.4, 0.5) is 5.69 Å². The van der Waals surface area contributed by atoms with Crippen LogP contribution in [0.5, 0.6) is 17.2 Å². The minimum absolute atomic E-state index is 0.0375. The quantitative estimate of drug-likeness (QED) is 0.145. The molecule has 0 aliphatic rings. The number of hydrazone groups is 1. The van der Waals surface area contributed by atoms with Gasteiger partial charge in [0.25, 0.3) is 11.8 Å². The Morgan fingerprint density at radius 3 is 2.22 bits per heavy atom. The monoisotopic (exact) mass is 644 g/mol. The summed E-state index contributed by atoms with van der Waals surface area (Å²) in [5.41, 5.74) is 5.75. The summed E-state index contributed by atoms with van der Waals surface area (Å²) in [5.74, 6) is 0.209. The Balaban J connectivity index is 1.35. The van der Waals surface area contributed by atoms with E-state index in [0.717, 1.165) is 15.4 Å². The third kappa shape index (κ3) is 9.65. The van der Waals surface area contributed by atoms with Gasteiger partial charge in [-0.25, -0.2) is 13.8 Å². The Morgan fingerprint density at radius 1 is 0.848 bits per heavy atom. The van der Waals surface area contributed by atoms with Gasteiger partial charge in [0.15, 0.2) is 18.1 Å². The largest absolute Gasteiger partial charge is 0.493 e. The van der Waals surface area contributed by atoms with Crippen molar-refractivity contribution in [3.05, 3.63) is 114 Å². The molecule has 240 valence electrons. The maximum Gasteiger partial charge on any atom is 0.262 e. The Hall–Kier alpha value is -5.20. The van der Waals surface area contributed by atoms with Crippen LogP contribution in [0.15, 0.2) is 107 Å². The molecular weight excluding hydrogens is 608 g/mol. The Bertz CT molecular complexity index is 1740.